The van der Waals surface area contributed by atoms with Gasteiger partial charge >= 0.3 is 0 Å². The molecule has 20 heavy (non-hydrogen) atoms. The van der Waals surface area contributed by atoms with Crippen molar-refractivity contribution in [3.8, 4) is 0 Å². The highest BCUT2D eigenvalue weighted by atomic mass is 127. The van der Waals surface area contributed by atoms with Crippen LogP contribution in [-0.4, -0.2) is 16.8 Å². The minimum absolute atomic E-state index is 0.232. The average Bonchev–Trinajstić information content (AvgIpc) is 3.00. The summed E-state index contributed by atoms with van der Waals surface area (Å²) in [6.45, 7) is 0. The van der Waals surface area contributed by atoms with E-state index in [4.69, 9.17) is 0 Å². The van der Waals surface area contributed by atoms with Gasteiger partial charge in [0, 0.05) is 14.8 Å². The third-order valence-electron chi connectivity index (χ3n) is 3.26. The Morgan fingerprint density at radius 3 is 2.90 bits per heavy atom. The molecule has 2 heterocycles. The second-order valence-electron chi connectivity index (χ2n) is 4.58. The number of rotatable bonds is 3. The van der Waals surface area contributed by atoms with E-state index in [1.165, 1.54) is 11.3 Å². The predicted molar refractivity (Wildman–Crippen MR) is 85.0 cm³/mol. The van der Waals surface area contributed by atoms with Crippen LogP contribution in [0.15, 0.2) is 35.7 Å². The largest absolute Gasteiger partial charge is 0.375 e. The summed E-state index contributed by atoms with van der Waals surface area (Å²) < 4.78 is 0.903. The summed E-state index contributed by atoms with van der Waals surface area (Å²) in [5, 5.41) is 15.1. The smallest absolute Gasteiger partial charge is 0.261 e. The Labute approximate surface area is 133 Å². The number of anilines is 1. The molecule has 1 aliphatic rings. The molecule has 4 nitrogen and oxygen atoms in total. The molecule has 0 bridgehead atoms. The molecule has 0 radical (unpaired) electrons. The van der Waals surface area contributed by atoms with E-state index in [0.717, 1.165) is 3.57 Å². The summed E-state index contributed by atoms with van der Waals surface area (Å²) in [4.78, 5) is 24.8. The first-order valence-electron chi connectivity index (χ1n) is 5.91. The standard InChI is InChI=1S/C14H10INO3S/c15-8-3-4-10-9(6-8)14(19,13(18)16-10)7-11(17)12-2-1-5-20-12/h1-6,19H,7H2,(H,16,18)/t14-/m0/s1. The maximum Gasteiger partial charge on any atom is 0.261 e. The number of fused-ring (bicyclic) bond motifs is 1. The van der Waals surface area contributed by atoms with Crippen LogP contribution in [-0.2, 0) is 10.4 Å². The second-order valence-corrected chi connectivity index (χ2v) is 6.77. The Hall–Kier alpha value is -1.25. The van der Waals surface area contributed by atoms with Crippen molar-refractivity contribution < 1.29 is 14.7 Å². The first-order chi connectivity index (χ1) is 9.50. The van der Waals surface area contributed by atoms with Crippen LogP contribution in [0.25, 0.3) is 0 Å². The zero-order valence-corrected chi connectivity index (χ0v) is 13.2. The number of hydrogen-bond donors (Lipinski definition) is 2. The van der Waals surface area contributed by atoms with Crippen molar-refractivity contribution in [2.45, 2.75) is 12.0 Å². The van der Waals surface area contributed by atoms with Gasteiger partial charge in [-0.1, -0.05) is 6.07 Å². The van der Waals surface area contributed by atoms with Crippen LogP contribution < -0.4 is 5.32 Å². The molecule has 3 rings (SSSR count). The minimum atomic E-state index is -1.78. The third-order valence-corrected chi connectivity index (χ3v) is 4.85. The summed E-state index contributed by atoms with van der Waals surface area (Å²) >= 11 is 3.41. The molecule has 1 atom stereocenters. The zero-order valence-electron chi connectivity index (χ0n) is 10.2. The van der Waals surface area contributed by atoms with Gasteiger partial charge in [-0.2, -0.15) is 0 Å². The highest BCUT2D eigenvalue weighted by Gasteiger charge is 2.46. The van der Waals surface area contributed by atoms with E-state index < -0.39 is 11.5 Å². The van der Waals surface area contributed by atoms with Gasteiger partial charge in [-0.3, -0.25) is 9.59 Å². The summed E-state index contributed by atoms with van der Waals surface area (Å²) in [6.07, 6.45) is -0.244. The lowest BCUT2D eigenvalue weighted by Crippen LogP contribution is -2.36. The van der Waals surface area contributed by atoms with Crippen LogP contribution in [0.1, 0.15) is 21.7 Å². The third kappa shape index (κ3) is 2.17. The molecule has 1 aromatic heterocycles. The van der Waals surface area contributed by atoms with Crippen LogP contribution in [0.2, 0.25) is 0 Å². The number of halogens is 1. The zero-order chi connectivity index (χ0) is 14.3. The number of benzene rings is 1. The van der Waals surface area contributed by atoms with Crippen molar-refractivity contribution in [1.29, 1.82) is 0 Å². The predicted octanol–water partition coefficient (Wildman–Crippen LogP) is 2.77. The molecule has 1 aromatic carbocycles. The van der Waals surface area contributed by atoms with Gasteiger partial charge in [0.15, 0.2) is 11.4 Å². The molecule has 0 aliphatic carbocycles. The fourth-order valence-electron chi connectivity index (χ4n) is 2.25. The molecule has 102 valence electrons. The number of carbonyl (C=O) groups excluding carboxylic acids is 2. The lowest BCUT2D eigenvalue weighted by molar-refractivity contribution is -0.133. The van der Waals surface area contributed by atoms with Crippen molar-refractivity contribution >= 4 is 51.3 Å². The topological polar surface area (TPSA) is 66.4 Å². The fourth-order valence-corrected chi connectivity index (χ4v) is 3.40. The highest BCUT2D eigenvalue weighted by molar-refractivity contribution is 14.1. The van der Waals surface area contributed by atoms with Crippen molar-refractivity contribution in [1.82, 2.24) is 0 Å². The second kappa shape index (κ2) is 4.94. The Bertz CT molecular complexity index is 698. The van der Waals surface area contributed by atoms with Gasteiger partial charge in [-0.05, 0) is 52.2 Å². The molecule has 1 amide bonds. The van der Waals surface area contributed by atoms with Gasteiger partial charge in [0.25, 0.3) is 5.91 Å². The lowest BCUT2D eigenvalue weighted by Gasteiger charge is -2.19. The van der Waals surface area contributed by atoms with E-state index >= 15 is 0 Å². The Kier molecular flexibility index (Phi) is 3.39. The summed E-state index contributed by atoms with van der Waals surface area (Å²) in [5.74, 6) is -0.774. The molecule has 0 saturated carbocycles. The summed E-state index contributed by atoms with van der Waals surface area (Å²) in [7, 11) is 0. The van der Waals surface area contributed by atoms with Crippen molar-refractivity contribution in [2.24, 2.45) is 0 Å². The molecule has 6 heteroatoms. The van der Waals surface area contributed by atoms with E-state index in [-0.39, 0.29) is 12.2 Å². The molecule has 0 fully saturated rings. The molecule has 2 N–H and O–H groups in total. The number of thiophene rings is 1. The molecular formula is C14H10INO3S. The minimum Gasteiger partial charge on any atom is -0.375 e. The lowest BCUT2D eigenvalue weighted by atomic mass is 9.89. The number of amides is 1. The van der Waals surface area contributed by atoms with Crippen LogP contribution >= 0.6 is 33.9 Å². The highest BCUT2D eigenvalue weighted by Crippen LogP contribution is 2.40. The Morgan fingerprint density at radius 2 is 2.20 bits per heavy atom. The number of ketones is 1. The maximum atomic E-state index is 12.2. The van der Waals surface area contributed by atoms with Crippen LogP contribution in [0.5, 0.6) is 0 Å². The Morgan fingerprint density at radius 1 is 1.40 bits per heavy atom. The Balaban J connectivity index is 1.98. The van der Waals surface area contributed by atoms with Crippen molar-refractivity contribution in [3.05, 3.63) is 49.7 Å². The number of carbonyl (C=O) groups is 2. The normalized spacial score (nSPS) is 20.6. The monoisotopic (exact) mass is 399 g/mol. The molecule has 1 aliphatic heterocycles. The summed E-state index contributed by atoms with van der Waals surface area (Å²) in [6, 6.07) is 8.77. The molecule has 2 aromatic rings. The quantitative estimate of drug-likeness (QED) is 0.616. The summed E-state index contributed by atoms with van der Waals surface area (Å²) in [5.41, 5.74) is -0.742. The average molecular weight is 399 g/mol. The number of aliphatic hydroxyl groups is 1. The van der Waals surface area contributed by atoms with Crippen LogP contribution in [0.4, 0.5) is 5.69 Å². The van der Waals surface area contributed by atoms with Gasteiger partial charge in [0.05, 0.1) is 11.3 Å². The number of nitrogens with one attached hydrogen (secondary N) is 1. The van der Waals surface area contributed by atoms with Gasteiger partial charge in [-0.15, -0.1) is 11.3 Å². The molecular weight excluding hydrogens is 389 g/mol. The number of hydrogen-bond acceptors (Lipinski definition) is 4. The van der Waals surface area contributed by atoms with Gasteiger partial charge in [0.2, 0.25) is 0 Å². The fraction of sp³-hybridized carbons (Fsp3) is 0.143. The van der Waals surface area contributed by atoms with E-state index in [1.807, 2.05) is 6.07 Å². The van der Waals surface area contributed by atoms with E-state index in [2.05, 4.69) is 27.9 Å². The van der Waals surface area contributed by atoms with Gasteiger partial charge < -0.3 is 10.4 Å². The maximum absolute atomic E-state index is 12.2. The van der Waals surface area contributed by atoms with Crippen molar-refractivity contribution in [3.63, 3.8) is 0 Å². The first kappa shape index (κ1) is 13.7. The first-order valence-corrected chi connectivity index (χ1v) is 7.87. The van der Waals surface area contributed by atoms with Gasteiger partial charge in [0.1, 0.15) is 0 Å². The van der Waals surface area contributed by atoms with Crippen LogP contribution in [0.3, 0.4) is 0 Å². The molecule has 0 spiro atoms. The van der Waals surface area contributed by atoms with Crippen molar-refractivity contribution in [2.75, 3.05) is 5.32 Å². The SMILES string of the molecule is O=C(C[C@@]1(O)C(=O)Nc2ccc(I)cc21)c1cccs1. The molecule has 0 saturated heterocycles. The van der Waals surface area contributed by atoms with E-state index in [9.17, 15) is 14.7 Å². The molecule has 0 unspecified atom stereocenters. The van der Waals surface area contributed by atoms with Gasteiger partial charge in [-0.25, -0.2) is 0 Å². The van der Waals surface area contributed by atoms with E-state index in [0.29, 0.717) is 16.1 Å². The van der Waals surface area contributed by atoms with Crippen LogP contribution in [0, 0.1) is 3.57 Å². The van der Waals surface area contributed by atoms with E-state index in [1.54, 1.807) is 29.6 Å². The number of Topliss-reactive ketones (excluding diaryl/α,β-unsaturated/α-hetero) is 1.